The number of aliphatic carboxylic acids is 1. The van der Waals surface area contributed by atoms with Gasteiger partial charge in [-0.3, -0.25) is 4.79 Å². The molecule has 0 unspecified atom stereocenters. The molecule has 3 aromatic rings. The molecule has 0 bridgehead atoms. The lowest BCUT2D eigenvalue weighted by molar-refractivity contribution is -0.131. The average molecular weight is 466 g/mol. The highest BCUT2D eigenvalue weighted by molar-refractivity contribution is 5.97. The molecule has 1 spiro atoms. The molecule has 2 N–H and O–H groups in total. The number of carbonyl (C=O) groups is 2. The Morgan fingerprint density at radius 1 is 1.23 bits per heavy atom. The lowest BCUT2D eigenvalue weighted by atomic mass is 9.86. The van der Waals surface area contributed by atoms with E-state index in [-0.39, 0.29) is 17.2 Å². The number of hydrogen-bond donors (Lipinski definition) is 2. The van der Waals surface area contributed by atoms with Crippen LogP contribution in [0.25, 0.3) is 11.4 Å². The van der Waals surface area contributed by atoms with Crippen LogP contribution in [0.2, 0.25) is 0 Å². The maximum Gasteiger partial charge on any atom is 0.327 e. The number of carboxylic acid groups (broad SMARTS) is 1. The quantitative estimate of drug-likeness (QED) is 0.528. The molecule has 1 amide bonds. The Kier molecular flexibility index (Phi) is 5.75. The van der Waals surface area contributed by atoms with Crippen LogP contribution >= 0.6 is 0 Å². The second kappa shape index (κ2) is 9.03. The van der Waals surface area contributed by atoms with E-state index in [1.54, 1.807) is 36.7 Å². The number of nitriles is 1. The molecule has 2 aliphatic rings. The first-order chi connectivity index (χ1) is 17.0. The molecular formula is C27H22N4O4. The number of allylic oxidation sites excluding steroid dienone is 1. The van der Waals surface area contributed by atoms with Crippen LogP contribution in [0.5, 0.6) is 5.75 Å². The number of nitrogens with zero attached hydrogens (tertiary/aromatic N) is 3. The first-order valence-corrected chi connectivity index (χ1v) is 11.3. The van der Waals surface area contributed by atoms with E-state index >= 15 is 0 Å². The molecule has 0 radical (unpaired) electrons. The largest absolute Gasteiger partial charge is 0.493 e. The molecule has 1 fully saturated rings. The molecule has 1 aliphatic heterocycles. The van der Waals surface area contributed by atoms with Crippen molar-refractivity contribution in [1.82, 2.24) is 9.97 Å². The Hall–Kier alpha value is -4.51. The van der Waals surface area contributed by atoms with Crippen LogP contribution in [0, 0.1) is 17.2 Å². The molecule has 1 saturated carbocycles. The van der Waals surface area contributed by atoms with E-state index in [0.717, 1.165) is 34.9 Å². The summed E-state index contributed by atoms with van der Waals surface area (Å²) in [6, 6.07) is 14.7. The third-order valence-electron chi connectivity index (χ3n) is 6.63. The van der Waals surface area contributed by atoms with E-state index in [1.807, 2.05) is 18.2 Å². The molecule has 1 aliphatic carbocycles. The van der Waals surface area contributed by atoms with Crippen molar-refractivity contribution in [2.45, 2.75) is 24.7 Å². The van der Waals surface area contributed by atoms with Gasteiger partial charge in [-0.1, -0.05) is 12.1 Å². The number of aromatic nitrogens is 2. The van der Waals surface area contributed by atoms with Gasteiger partial charge in [0.1, 0.15) is 5.75 Å². The first kappa shape index (κ1) is 22.3. The fourth-order valence-corrected chi connectivity index (χ4v) is 4.78. The predicted molar refractivity (Wildman–Crippen MR) is 128 cm³/mol. The monoisotopic (exact) mass is 466 g/mol. The van der Waals surface area contributed by atoms with Gasteiger partial charge in [0.05, 0.1) is 18.2 Å². The first-order valence-electron chi connectivity index (χ1n) is 11.3. The molecule has 174 valence electrons. The number of benzene rings is 2. The zero-order chi connectivity index (χ0) is 24.4. The van der Waals surface area contributed by atoms with Crippen molar-refractivity contribution in [2.24, 2.45) is 5.92 Å². The summed E-state index contributed by atoms with van der Waals surface area (Å²) in [7, 11) is 0. The number of rotatable bonds is 6. The van der Waals surface area contributed by atoms with Crippen molar-refractivity contribution >= 4 is 17.6 Å². The average Bonchev–Trinajstić information content (AvgIpc) is 3.60. The van der Waals surface area contributed by atoms with E-state index in [9.17, 15) is 14.9 Å². The van der Waals surface area contributed by atoms with E-state index in [0.29, 0.717) is 36.5 Å². The minimum atomic E-state index is -1.04. The molecule has 35 heavy (non-hydrogen) atoms. The van der Waals surface area contributed by atoms with E-state index < -0.39 is 5.97 Å². The Labute approximate surface area is 201 Å². The van der Waals surface area contributed by atoms with Gasteiger partial charge in [-0.05, 0) is 61.2 Å². The van der Waals surface area contributed by atoms with Gasteiger partial charge >= 0.3 is 5.97 Å². The van der Waals surface area contributed by atoms with Crippen molar-refractivity contribution in [3.05, 3.63) is 83.7 Å². The number of fused-ring (bicyclic) bond motifs is 2. The summed E-state index contributed by atoms with van der Waals surface area (Å²) in [5, 5.41) is 21.2. The summed E-state index contributed by atoms with van der Waals surface area (Å²) in [6.45, 7) is 0.535. The summed E-state index contributed by atoms with van der Waals surface area (Å²) >= 11 is 0. The Balaban J connectivity index is 1.41. The van der Waals surface area contributed by atoms with E-state index in [1.165, 1.54) is 6.08 Å². The molecule has 5 rings (SSSR count). The number of anilines is 1. The summed E-state index contributed by atoms with van der Waals surface area (Å²) in [6.07, 6.45) is 7.71. The molecule has 0 saturated heterocycles. The van der Waals surface area contributed by atoms with Crippen molar-refractivity contribution in [1.29, 1.82) is 5.26 Å². The highest BCUT2D eigenvalue weighted by atomic mass is 16.5. The van der Waals surface area contributed by atoms with Crippen LogP contribution in [-0.4, -0.2) is 33.6 Å². The van der Waals surface area contributed by atoms with Gasteiger partial charge in [-0.2, -0.15) is 5.26 Å². The highest BCUT2D eigenvalue weighted by Gasteiger charge is 2.61. The highest BCUT2D eigenvalue weighted by Crippen LogP contribution is 2.61. The van der Waals surface area contributed by atoms with Crippen LogP contribution in [0.4, 0.5) is 5.69 Å². The maximum atomic E-state index is 13.4. The summed E-state index contributed by atoms with van der Waals surface area (Å²) in [5.74, 6) is -0.0205. The van der Waals surface area contributed by atoms with E-state index in [2.05, 4.69) is 21.4 Å². The number of nitrogens with one attached hydrogen (secondary N) is 1. The lowest BCUT2D eigenvalue weighted by Crippen LogP contribution is -2.27. The van der Waals surface area contributed by atoms with Gasteiger partial charge in [0.2, 0.25) is 5.91 Å². The fraction of sp³-hybridized carbons (Fsp3) is 0.222. The van der Waals surface area contributed by atoms with Crippen molar-refractivity contribution < 1.29 is 19.4 Å². The predicted octanol–water partition coefficient (Wildman–Crippen LogP) is 3.88. The molecular weight excluding hydrogens is 444 g/mol. The topological polar surface area (TPSA) is 125 Å². The molecule has 1 aromatic heterocycles. The molecule has 2 atom stereocenters. The van der Waals surface area contributed by atoms with Crippen molar-refractivity contribution in [3.63, 3.8) is 0 Å². The van der Waals surface area contributed by atoms with Crippen LogP contribution in [-0.2, 0) is 21.4 Å². The standard InChI is InChI=1S/C27H22N4O4/c28-16-17-5-6-18(3-1-4-24(32)33)22(13-17)31-26(34)21-15-27(21)9-12-35-23-8-7-19(14-20(23)27)25-29-10-2-11-30-25/h1-2,4-8,10-11,13-14,21H,3,9,12,15H2,(H,31,34)(H,32,33)/t21-,27-/m0/s1. The van der Waals surface area contributed by atoms with Crippen molar-refractivity contribution in [2.75, 3.05) is 11.9 Å². The van der Waals surface area contributed by atoms with Crippen LogP contribution < -0.4 is 10.1 Å². The van der Waals surface area contributed by atoms with Gasteiger partial charge < -0.3 is 15.2 Å². The second-order valence-electron chi connectivity index (χ2n) is 8.71. The number of amides is 1. The summed E-state index contributed by atoms with van der Waals surface area (Å²) < 4.78 is 5.89. The normalized spacial score (nSPS) is 20.0. The number of hydrogen-bond acceptors (Lipinski definition) is 6. The van der Waals surface area contributed by atoms with E-state index in [4.69, 9.17) is 9.84 Å². The van der Waals surface area contributed by atoms with Crippen LogP contribution in [0.1, 0.15) is 29.5 Å². The van der Waals surface area contributed by atoms with Gasteiger partial charge in [0, 0.05) is 46.6 Å². The fourth-order valence-electron chi connectivity index (χ4n) is 4.78. The zero-order valence-electron chi connectivity index (χ0n) is 18.8. The minimum absolute atomic E-state index is 0.127. The minimum Gasteiger partial charge on any atom is -0.493 e. The SMILES string of the molecule is N#Cc1ccc(CC=CC(=O)O)c(NC(=O)[C@@H]2C[C@]23CCOc2ccc(-c4ncccn4)cc23)c1. The molecule has 2 aromatic carbocycles. The lowest BCUT2D eigenvalue weighted by Gasteiger charge is -2.27. The number of carboxylic acids is 1. The molecule has 8 heteroatoms. The smallest absolute Gasteiger partial charge is 0.327 e. The second-order valence-corrected chi connectivity index (χ2v) is 8.71. The third-order valence-corrected chi connectivity index (χ3v) is 6.63. The van der Waals surface area contributed by atoms with Gasteiger partial charge in [-0.25, -0.2) is 14.8 Å². The zero-order valence-corrected chi connectivity index (χ0v) is 18.8. The molecule has 2 heterocycles. The number of carbonyl (C=O) groups excluding carboxylic acids is 1. The molecule has 8 nitrogen and oxygen atoms in total. The summed E-state index contributed by atoms with van der Waals surface area (Å²) in [4.78, 5) is 32.9. The maximum absolute atomic E-state index is 13.4. The van der Waals surface area contributed by atoms with Gasteiger partial charge in [-0.15, -0.1) is 0 Å². The van der Waals surface area contributed by atoms with Gasteiger partial charge in [0.25, 0.3) is 0 Å². The van der Waals surface area contributed by atoms with Crippen molar-refractivity contribution in [3.8, 4) is 23.2 Å². The third kappa shape index (κ3) is 4.36. The Morgan fingerprint density at radius 2 is 2.06 bits per heavy atom. The van der Waals surface area contributed by atoms with Crippen LogP contribution in [0.15, 0.2) is 67.0 Å². The summed E-state index contributed by atoms with van der Waals surface area (Å²) in [5.41, 5.74) is 3.21. The Morgan fingerprint density at radius 3 is 2.83 bits per heavy atom. The number of ether oxygens (including phenoxy) is 1. The Bertz CT molecular complexity index is 1380. The van der Waals surface area contributed by atoms with Crippen LogP contribution in [0.3, 0.4) is 0 Å². The van der Waals surface area contributed by atoms with Gasteiger partial charge in [0.15, 0.2) is 5.82 Å².